The number of aliphatic carboxylic acids is 1. The molecule has 21 heavy (non-hydrogen) atoms. The van der Waals surface area contributed by atoms with E-state index >= 15 is 0 Å². The molecule has 0 spiro atoms. The van der Waals surface area contributed by atoms with Crippen molar-refractivity contribution in [2.45, 2.75) is 32.7 Å². The van der Waals surface area contributed by atoms with E-state index in [0.29, 0.717) is 12.0 Å². The van der Waals surface area contributed by atoms with Crippen LogP contribution >= 0.6 is 0 Å². The largest absolute Gasteiger partial charge is 0.494 e. The predicted octanol–water partition coefficient (Wildman–Crippen LogP) is 2.83. The quantitative estimate of drug-likeness (QED) is 0.830. The molecule has 1 atom stereocenters. The lowest BCUT2D eigenvalue weighted by atomic mass is 10.1. The number of carboxylic acids is 1. The van der Waals surface area contributed by atoms with E-state index in [2.05, 4.69) is 6.92 Å². The Morgan fingerprint density at radius 2 is 2.14 bits per heavy atom. The van der Waals surface area contributed by atoms with Gasteiger partial charge in [-0.15, -0.1) is 0 Å². The van der Waals surface area contributed by atoms with Crippen LogP contribution in [0.4, 0.5) is 0 Å². The Morgan fingerprint density at radius 1 is 1.38 bits per heavy atom. The molecule has 0 saturated heterocycles. The van der Waals surface area contributed by atoms with Gasteiger partial charge >= 0.3 is 5.97 Å². The van der Waals surface area contributed by atoms with Crippen LogP contribution < -0.4 is 10.3 Å². The molecule has 112 valence electrons. The molecule has 0 aliphatic carbocycles. The molecule has 1 unspecified atom stereocenters. The topological polar surface area (TPSA) is 68.5 Å². The number of pyridine rings is 1. The van der Waals surface area contributed by atoms with Crippen LogP contribution in [0, 0.1) is 0 Å². The molecular weight excluding hydrogens is 270 g/mol. The smallest absolute Gasteiger partial charge is 0.326 e. The number of carbonyl (C=O) groups is 1. The number of carboxylic acid groups (broad SMARTS) is 1. The first kappa shape index (κ1) is 15.1. The molecule has 0 fully saturated rings. The van der Waals surface area contributed by atoms with Gasteiger partial charge in [0.25, 0.3) is 5.56 Å². The first-order valence-corrected chi connectivity index (χ1v) is 7.05. The molecular formula is C16H19NO4. The Morgan fingerprint density at radius 3 is 2.81 bits per heavy atom. The highest BCUT2D eigenvalue weighted by Gasteiger charge is 2.15. The standard InChI is InChI=1S/C16H19NO4/c1-3-4-9-21-13-5-6-14-12(10-13)7-8-17(15(14)18)11(2)16(19)20/h5-8,10-11H,3-4,9H2,1-2H3,(H,19,20). The van der Waals surface area contributed by atoms with Gasteiger partial charge in [0.05, 0.1) is 6.61 Å². The number of fused-ring (bicyclic) bond motifs is 1. The summed E-state index contributed by atoms with van der Waals surface area (Å²) in [6.45, 7) is 4.22. The van der Waals surface area contributed by atoms with Crippen LogP contribution in [-0.2, 0) is 4.79 Å². The van der Waals surface area contributed by atoms with Crippen molar-refractivity contribution in [2.75, 3.05) is 6.61 Å². The number of unbranched alkanes of at least 4 members (excludes halogenated alkanes) is 1. The van der Waals surface area contributed by atoms with Crippen molar-refractivity contribution in [3.8, 4) is 5.75 Å². The van der Waals surface area contributed by atoms with Crippen LogP contribution in [0.25, 0.3) is 10.8 Å². The average Bonchev–Trinajstić information content (AvgIpc) is 2.47. The zero-order valence-corrected chi connectivity index (χ0v) is 12.2. The highest BCUT2D eigenvalue weighted by atomic mass is 16.5. The molecule has 0 saturated carbocycles. The second kappa shape index (κ2) is 6.43. The van der Waals surface area contributed by atoms with Gasteiger partial charge in [0.15, 0.2) is 0 Å². The van der Waals surface area contributed by atoms with Gasteiger partial charge in [0, 0.05) is 11.6 Å². The van der Waals surface area contributed by atoms with Crippen LogP contribution in [0.3, 0.4) is 0 Å². The summed E-state index contributed by atoms with van der Waals surface area (Å²) in [7, 11) is 0. The summed E-state index contributed by atoms with van der Waals surface area (Å²) >= 11 is 0. The number of nitrogens with zero attached hydrogens (tertiary/aromatic N) is 1. The van der Waals surface area contributed by atoms with E-state index in [-0.39, 0.29) is 5.56 Å². The summed E-state index contributed by atoms with van der Waals surface area (Å²) in [6.07, 6.45) is 3.56. The third kappa shape index (κ3) is 3.24. The van der Waals surface area contributed by atoms with E-state index in [1.165, 1.54) is 17.7 Å². The van der Waals surface area contributed by atoms with E-state index in [1.807, 2.05) is 6.07 Å². The van der Waals surface area contributed by atoms with E-state index in [9.17, 15) is 9.59 Å². The average molecular weight is 289 g/mol. The molecule has 0 bridgehead atoms. The zero-order valence-electron chi connectivity index (χ0n) is 12.2. The lowest BCUT2D eigenvalue weighted by Crippen LogP contribution is -2.27. The fraction of sp³-hybridized carbons (Fsp3) is 0.375. The third-order valence-corrected chi connectivity index (χ3v) is 3.44. The molecule has 1 N–H and O–H groups in total. The predicted molar refractivity (Wildman–Crippen MR) is 81.0 cm³/mol. The second-order valence-corrected chi connectivity index (χ2v) is 4.99. The van der Waals surface area contributed by atoms with E-state index < -0.39 is 12.0 Å². The first-order chi connectivity index (χ1) is 10.0. The molecule has 2 rings (SSSR count). The van der Waals surface area contributed by atoms with Gasteiger partial charge in [-0.2, -0.15) is 0 Å². The number of ether oxygens (including phenoxy) is 1. The summed E-state index contributed by atoms with van der Waals surface area (Å²) in [4.78, 5) is 23.3. The summed E-state index contributed by atoms with van der Waals surface area (Å²) in [5.74, 6) is -0.310. The maximum Gasteiger partial charge on any atom is 0.326 e. The third-order valence-electron chi connectivity index (χ3n) is 3.44. The van der Waals surface area contributed by atoms with Gasteiger partial charge < -0.3 is 14.4 Å². The van der Waals surface area contributed by atoms with Crippen LogP contribution in [0.15, 0.2) is 35.3 Å². The first-order valence-electron chi connectivity index (χ1n) is 7.05. The molecule has 1 aromatic carbocycles. The van der Waals surface area contributed by atoms with Crippen molar-refractivity contribution in [3.05, 3.63) is 40.8 Å². The van der Waals surface area contributed by atoms with Crippen molar-refractivity contribution in [2.24, 2.45) is 0 Å². The molecule has 1 heterocycles. The molecule has 2 aromatic rings. The minimum absolute atomic E-state index is 0.303. The Bertz CT molecular complexity index is 705. The number of rotatable bonds is 6. The Kier molecular flexibility index (Phi) is 4.62. The fourth-order valence-electron chi connectivity index (χ4n) is 2.09. The summed E-state index contributed by atoms with van der Waals surface area (Å²) in [5, 5.41) is 10.3. The van der Waals surface area contributed by atoms with Gasteiger partial charge in [0.2, 0.25) is 0 Å². The van der Waals surface area contributed by atoms with Crippen molar-refractivity contribution in [3.63, 3.8) is 0 Å². The molecule has 1 aromatic heterocycles. The molecule has 0 aliphatic heterocycles. The summed E-state index contributed by atoms with van der Waals surface area (Å²) in [5.41, 5.74) is -0.303. The second-order valence-electron chi connectivity index (χ2n) is 4.99. The molecule has 0 amide bonds. The van der Waals surface area contributed by atoms with Gasteiger partial charge in [-0.3, -0.25) is 4.79 Å². The molecule has 5 heteroatoms. The van der Waals surface area contributed by atoms with E-state index in [4.69, 9.17) is 9.84 Å². The van der Waals surface area contributed by atoms with Crippen molar-refractivity contribution >= 4 is 16.7 Å². The summed E-state index contributed by atoms with van der Waals surface area (Å²) < 4.78 is 6.83. The minimum atomic E-state index is -1.03. The van der Waals surface area contributed by atoms with Crippen LogP contribution in [0.1, 0.15) is 32.7 Å². The minimum Gasteiger partial charge on any atom is -0.494 e. The van der Waals surface area contributed by atoms with Gasteiger partial charge in [-0.1, -0.05) is 13.3 Å². The van der Waals surface area contributed by atoms with Crippen molar-refractivity contribution in [1.82, 2.24) is 4.57 Å². The number of hydrogen-bond acceptors (Lipinski definition) is 3. The SMILES string of the molecule is CCCCOc1ccc2c(=O)n(C(C)C(=O)O)ccc2c1. The Balaban J connectivity index is 2.37. The van der Waals surface area contributed by atoms with E-state index in [0.717, 1.165) is 24.0 Å². The van der Waals surface area contributed by atoms with Crippen LogP contribution in [0.5, 0.6) is 5.75 Å². The Hall–Kier alpha value is -2.30. The van der Waals surface area contributed by atoms with Gasteiger partial charge in [-0.25, -0.2) is 4.79 Å². The number of aromatic nitrogens is 1. The number of benzene rings is 1. The Labute approximate surface area is 122 Å². The maximum absolute atomic E-state index is 12.3. The highest BCUT2D eigenvalue weighted by molar-refractivity contribution is 5.83. The van der Waals surface area contributed by atoms with Gasteiger partial charge in [0.1, 0.15) is 11.8 Å². The lowest BCUT2D eigenvalue weighted by Gasteiger charge is -2.12. The molecule has 0 radical (unpaired) electrons. The fourth-order valence-corrected chi connectivity index (χ4v) is 2.09. The monoisotopic (exact) mass is 289 g/mol. The highest BCUT2D eigenvalue weighted by Crippen LogP contribution is 2.19. The van der Waals surface area contributed by atoms with Gasteiger partial charge in [-0.05, 0) is 43.0 Å². The van der Waals surface area contributed by atoms with Crippen molar-refractivity contribution in [1.29, 1.82) is 0 Å². The van der Waals surface area contributed by atoms with Crippen molar-refractivity contribution < 1.29 is 14.6 Å². The van der Waals surface area contributed by atoms with E-state index in [1.54, 1.807) is 18.2 Å². The molecule has 0 aliphatic rings. The van der Waals surface area contributed by atoms with Crippen LogP contribution in [-0.4, -0.2) is 22.2 Å². The van der Waals surface area contributed by atoms with Crippen LogP contribution in [0.2, 0.25) is 0 Å². The number of hydrogen-bond donors (Lipinski definition) is 1. The molecule has 5 nitrogen and oxygen atoms in total. The maximum atomic E-state index is 12.3. The lowest BCUT2D eigenvalue weighted by molar-refractivity contribution is -0.140. The zero-order chi connectivity index (χ0) is 15.4. The summed E-state index contributed by atoms with van der Waals surface area (Å²) in [6, 6.07) is 6.09. The normalized spacial score (nSPS) is 12.3.